The van der Waals surface area contributed by atoms with Crippen molar-refractivity contribution in [2.75, 3.05) is 18.8 Å². The highest BCUT2D eigenvalue weighted by Gasteiger charge is 2.38. The minimum Gasteiger partial charge on any atom is -0.475 e. The van der Waals surface area contributed by atoms with E-state index in [4.69, 9.17) is 15.6 Å². The van der Waals surface area contributed by atoms with Crippen LogP contribution in [0.15, 0.2) is 30.5 Å². The van der Waals surface area contributed by atoms with E-state index in [-0.39, 0.29) is 11.8 Å². The molecule has 12 heteroatoms. The number of carbonyl (C=O) groups is 2. The van der Waals surface area contributed by atoms with Gasteiger partial charge in [0.05, 0.1) is 16.8 Å². The maximum atomic E-state index is 12.0. The molecular weight excluding hydrogens is 427 g/mol. The van der Waals surface area contributed by atoms with E-state index in [9.17, 15) is 26.4 Å². The second-order valence-electron chi connectivity index (χ2n) is 6.66. The predicted molar refractivity (Wildman–Crippen MR) is 103 cm³/mol. The van der Waals surface area contributed by atoms with Gasteiger partial charge in [-0.15, -0.1) is 0 Å². The Morgan fingerprint density at radius 1 is 1.20 bits per heavy atom. The number of aromatic nitrogens is 1. The monoisotopic (exact) mass is 449 g/mol. The molecule has 0 saturated carbocycles. The molecule has 0 bridgehead atoms. The summed E-state index contributed by atoms with van der Waals surface area (Å²) in [5.41, 5.74) is 6.85. The van der Waals surface area contributed by atoms with Gasteiger partial charge in [-0.1, -0.05) is 12.1 Å². The lowest BCUT2D eigenvalue weighted by atomic mass is 10.1. The van der Waals surface area contributed by atoms with Crippen LogP contribution in [0.25, 0.3) is 10.9 Å². The van der Waals surface area contributed by atoms with Crippen molar-refractivity contribution in [1.82, 2.24) is 8.87 Å². The van der Waals surface area contributed by atoms with Crippen molar-refractivity contribution in [2.24, 2.45) is 5.73 Å². The molecule has 2 aromatic rings. The molecule has 2 heterocycles. The third-order valence-corrected chi connectivity index (χ3v) is 6.70. The van der Waals surface area contributed by atoms with Crippen molar-refractivity contribution < 1.29 is 36.3 Å². The van der Waals surface area contributed by atoms with Gasteiger partial charge in [0.2, 0.25) is 10.0 Å². The molecule has 1 fully saturated rings. The highest BCUT2D eigenvalue weighted by molar-refractivity contribution is 7.89. The van der Waals surface area contributed by atoms with Crippen LogP contribution in [0.2, 0.25) is 0 Å². The van der Waals surface area contributed by atoms with Crippen LogP contribution in [0, 0.1) is 0 Å². The average molecular weight is 449 g/mol. The first-order valence-electron chi connectivity index (χ1n) is 9.05. The van der Waals surface area contributed by atoms with Gasteiger partial charge < -0.3 is 15.4 Å². The fourth-order valence-electron chi connectivity index (χ4n) is 3.30. The maximum Gasteiger partial charge on any atom is 0.490 e. The summed E-state index contributed by atoms with van der Waals surface area (Å²) in [4.78, 5) is 20.6. The van der Waals surface area contributed by atoms with Crippen LogP contribution in [0.1, 0.15) is 36.2 Å². The molecular formula is C18H22F3N3O5S. The van der Waals surface area contributed by atoms with Crippen LogP contribution < -0.4 is 5.73 Å². The molecule has 3 N–H and O–H groups in total. The number of rotatable bonds is 4. The summed E-state index contributed by atoms with van der Waals surface area (Å²) in [5.74, 6) is -3.07. The number of alkyl halides is 3. The first-order valence-corrected chi connectivity index (χ1v) is 10.7. The number of sulfonamides is 1. The number of aliphatic carboxylic acids is 1. The fraction of sp³-hybridized carbons (Fsp3) is 0.444. The lowest BCUT2D eigenvalue weighted by Gasteiger charge is -2.32. The van der Waals surface area contributed by atoms with Gasteiger partial charge in [0.15, 0.2) is 0 Å². The number of para-hydroxylation sites is 1. The SMILES string of the molecule is CCS(=O)(=O)N1CCC(n2ccc3cccc(C(N)=O)c32)CC1.O=C(O)C(F)(F)F. The number of carboxylic acid groups (broad SMARTS) is 1. The number of carboxylic acids is 1. The summed E-state index contributed by atoms with van der Waals surface area (Å²) >= 11 is 0. The number of nitrogens with two attached hydrogens (primary N) is 1. The van der Waals surface area contributed by atoms with E-state index in [1.165, 1.54) is 0 Å². The fourth-order valence-corrected chi connectivity index (χ4v) is 4.44. The van der Waals surface area contributed by atoms with E-state index in [2.05, 4.69) is 4.57 Å². The summed E-state index contributed by atoms with van der Waals surface area (Å²) < 4.78 is 59.3. The number of hydrogen-bond donors (Lipinski definition) is 2. The third kappa shape index (κ3) is 5.30. The summed E-state index contributed by atoms with van der Waals surface area (Å²) in [6.45, 7) is 2.69. The third-order valence-electron chi connectivity index (χ3n) is 4.82. The zero-order valence-electron chi connectivity index (χ0n) is 16.1. The molecule has 1 amide bonds. The van der Waals surface area contributed by atoms with Crippen LogP contribution in [0.4, 0.5) is 13.2 Å². The topological polar surface area (TPSA) is 123 Å². The normalized spacial score (nSPS) is 16.1. The summed E-state index contributed by atoms with van der Waals surface area (Å²) in [6.07, 6.45) is -1.65. The number of nitrogens with zero attached hydrogens (tertiary/aromatic N) is 2. The van der Waals surface area contributed by atoms with Gasteiger partial charge in [-0.25, -0.2) is 17.5 Å². The number of fused-ring (bicyclic) bond motifs is 1. The molecule has 1 aliphatic rings. The van der Waals surface area contributed by atoms with Crippen molar-refractivity contribution >= 4 is 32.8 Å². The zero-order chi connectivity index (χ0) is 22.7. The lowest BCUT2D eigenvalue weighted by molar-refractivity contribution is -0.192. The number of primary amides is 1. The Balaban J connectivity index is 0.000000396. The number of carbonyl (C=O) groups excluding carboxylic acids is 1. The van der Waals surface area contributed by atoms with E-state index in [1.807, 2.05) is 24.4 Å². The second-order valence-corrected chi connectivity index (χ2v) is 8.92. The van der Waals surface area contributed by atoms with Gasteiger partial charge >= 0.3 is 12.1 Å². The molecule has 0 unspecified atom stereocenters. The number of hydrogen-bond acceptors (Lipinski definition) is 4. The van der Waals surface area contributed by atoms with Gasteiger partial charge in [-0.3, -0.25) is 4.79 Å². The van der Waals surface area contributed by atoms with Crippen molar-refractivity contribution in [3.63, 3.8) is 0 Å². The van der Waals surface area contributed by atoms with Crippen molar-refractivity contribution in [2.45, 2.75) is 32.0 Å². The van der Waals surface area contributed by atoms with Crippen molar-refractivity contribution in [3.8, 4) is 0 Å². The molecule has 0 aliphatic carbocycles. The number of amides is 1. The molecule has 30 heavy (non-hydrogen) atoms. The van der Waals surface area contributed by atoms with Gasteiger partial charge in [-0.2, -0.15) is 13.2 Å². The molecule has 1 aromatic heterocycles. The average Bonchev–Trinajstić information content (AvgIpc) is 3.12. The number of piperidine rings is 1. The molecule has 1 aromatic carbocycles. The molecule has 1 saturated heterocycles. The number of benzene rings is 1. The molecule has 3 rings (SSSR count). The Kier molecular flexibility index (Phi) is 7.14. The van der Waals surface area contributed by atoms with E-state index in [0.29, 0.717) is 18.7 Å². The zero-order valence-corrected chi connectivity index (χ0v) is 16.9. The van der Waals surface area contributed by atoms with Gasteiger partial charge in [0, 0.05) is 30.7 Å². The van der Waals surface area contributed by atoms with Gasteiger partial charge in [0.25, 0.3) is 5.91 Å². The molecule has 1 aliphatic heterocycles. The van der Waals surface area contributed by atoms with E-state index in [0.717, 1.165) is 23.7 Å². The maximum absolute atomic E-state index is 12.0. The Labute approximate surface area is 171 Å². The minimum atomic E-state index is -5.08. The molecule has 0 radical (unpaired) electrons. The highest BCUT2D eigenvalue weighted by atomic mass is 32.2. The second kappa shape index (κ2) is 9.04. The molecule has 0 atom stereocenters. The predicted octanol–water partition coefficient (Wildman–Crippen LogP) is 2.36. The molecule has 0 spiro atoms. The lowest BCUT2D eigenvalue weighted by Crippen LogP contribution is -2.39. The Bertz CT molecular complexity index is 1030. The number of halogens is 3. The Hall–Kier alpha value is -2.60. The van der Waals surface area contributed by atoms with Crippen LogP contribution in [-0.4, -0.2) is 59.3 Å². The van der Waals surface area contributed by atoms with Gasteiger partial charge in [-0.05, 0) is 31.9 Å². The van der Waals surface area contributed by atoms with Gasteiger partial charge in [0.1, 0.15) is 0 Å². The first-order chi connectivity index (χ1) is 13.9. The largest absolute Gasteiger partial charge is 0.490 e. The smallest absolute Gasteiger partial charge is 0.475 e. The van der Waals surface area contributed by atoms with E-state index >= 15 is 0 Å². The minimum absolute atomic E-state index is 0.135. The van der Waals surface area contributed by atoms with E-state index in [1.54, 1.807) is 17.3 Å². The summed E-state index contributed by atoms with van der Waals surface area (Å²) in [6, 6.07) is 7.66. The first kappa shape index (κ1) is 23.7. The quantitative estimate of drug-likeness (QED) is 0.742. The Morgan fingerprint density at radius 2 is 1.77 bits per heavy atom. The molecule has 166 valence electrons. The van der Waals surface area contributed by atoms with Crippen LogP contribution in [-0.2, 0) is 14.8 Å². The van der Waals surface area contributed by atoms with Crippen LogP contribution in [0.3, 0.4) is 0 Å². The standard InChI is InChI=1S/C16H21N3O3S.C2HF3O2/c1-2-23(21,22)18-9-7-13(8-10-18)19-11-6-12-4-3-5-14(15(12)19)16(17)20;3-2(4,5)1(6)7/h3-6,11,13H,2,7-10H2,1H3,(H2,17,20);(H,6,7). The van der Waals surface area contributed by atoms with E-state index < -0.39 is 28.1 Å². The van der Waals surface area contributed by atoms with Crippen LogP contribution >= 0.6 is 0 Å². The van der Waals surface area contributed by atoms with Crippen molar-refractivity contribution in [3.05, 3.63) is 36.0 Å². The van der Waals surface area contributed by atoms with Crippen LogP contribution in [0.5, 0.6) is 0 Å². The van der Waals surface area contributed by atoms with Crippen molar-refractivity contribution in [1.29, 1.82) is 0 Å². The summed E-state index contributed by atoms with van der Waals surface area (Å²) in [7, 11) is -3.13. The summed E-state index contributed by atoms with van der Waals surface area (Å²) in [5, 5.41) is 8.10. The Morgan fingerprint density at radius 3 is 2.23 bits per heavy atom. The molecule has 8 nitrogen and oxygen atoms in total. The highest BCUT2D eigenvalue weighted by Crippen LogP contribution is 2.30.